The molecule has 2 heterocycles. The van der Waals surface area contributed by atoms with Crippen LogP contribution in [-0.2, 0) is 23.0 Å². The van der Waals surface area contributed by atoms with Crippen LogP contribution in [0.5, 0.6) is 0 Å². The van der Waals surface area contributed by atoms with Crippen LogP contribution in [0.2, 0.25) is 0 Å². The molecule has 174 valence electrons. The van der Waals surface area contributed by atoms with Gasteiger partial charge in [0.25, 0.3) is 5.91 Å². The van der Waals surface area contributed by atoms with Crippen molar-refractivity contribution in [3.63, 3.8) is 0 Å². The SMILES string of the molecule is CC(c1nc2ccccc2s1)N(C)C(=O)c1cccc(S(=O)(=O)N2CCc3ccccc3C2)c1. The summed E-state index contributed by atoms with van der Waals surface area (Å²) in [6, 6.07) is 21.9. The summed E-state index contributed by atoms with van der Waals surface area (Å²) in [5, 5.41) is 0.841. The molecule has 34 heavy (non-hydrogen) atoms. The maximum atomic E-state index is 13.4. The molecule has 1 aliphatic heterocycles. The fourth-order valence-corrected chi connectivity index (χ4v) is 6.76. The number of hydrogen-bond donors (Lipinski definition) is 0. The van der Waals surface area contributed by atoms with E-state index >= 15 is 0 Å². The largest absolute Gasteiger partial charge is 0.333 e. The number of aromatic nitrogens is 1. The third kappa shape index (κ3) is 4.13. The zero-order valence-corrected chi connectivity index (χ0v) is 20.6. The van der Waals surface area contributed by atoms with Crippen LogP contribution in [0, 0.1) is 0 Å². The van der Waals surface area contributed by atoms with Crippen LogP contribution in [-0.4, -0.2) is 42.1 Å². The van der Waals surface area contributed by atoms with Crippen LogP contribution in [0.4, 0.5) is 0 Å². The normalized spacial score (nSPS) is 15.1. The van der Waals surface area contributed by atoms with Crippen molar-refractivity contribution in [2.24, 2.45) is 0 Å². The lowest BCUT2D eigenvalue weighted by Gasteiger charge is -2.28. The van der Waals surface area contributed by atoms with Gasteiger partial charge in [0.2, 0.25) is 10.0 Å². The minimum Gasteiger partial charge on any atom is -0.333 e. The van der Waals surface area contributed by atoms with Crippen molar-refractivity contribution in [3.8, 4) is 0 Å². The van der Waals surface area contributed by atoms with E-state index in [-0.39, 0.29) is 16.8 Å². The zero-order valence-electron chi connectivity index (χ0n) is 19.0. The Bertz CT molecular complexity index is 1450. The Morgan fingerprint density at radius 2 is 1.76 bits per heavy atom. The number of carbonyl (C=O) groups is 1. The van der Waals surface area contributed by atoms with E-state index in [0.717, 1.165) is 20.8 Å². The molecule has 0 N–H and O–H groups in total. The number of fused-ring (bicyclic) bond motifs is 2. The Kier molecular flexibility index (Phi) is 5.97. The fourth-order valence-electron chi connectivity index (χ4n) is 4.23. The molecule has 0 bridgehead atoms. The second-order valence-corrected chi connectivity index (χ2v) is 11.5. The quantitative estimate of drug-likeness (QED) is 0.399. The average molecular weight is 492 g/mol. The highest BCUT2D eigenvalue weighted by Gasteiger charge is 2.29. The molecule has 0 spiro atoms. The van der Waals surface area contributed by atoms with Gasteiger partial charge < -0.3 is 4.90 Å². The van der Waals surface area contributed by atoms with Crippen LogP contribution in [0.15, 0.2) is 77.7 Å². The molecule has 6 nitrogen and oxygen atoms in total. The molecule has 0 aliphatic carbocycles. The summed E-state index contributed by atoms with van der Waals surface area (Å²) in [5.74, 6) is -0.243. The Hall–Kier alpha value is -3.07. The Labute approximate surface area is 203 Å². The number of thiazole rings is 1. The van der Waals surface area contributed by atoms with Crippen LogP contribution >= 0.6 is 11.3 Å². The molecule has 1 aromatic heterocycles. The number of nitrogens with zero attached hydrogens (tertiary/aromatic N) is 3. The van der Waals surface area contributed by atoms with E-state index in [9.17, 15) is 13.2 Å². The first-order chi connectivity index (χ1) is 16.3. The maximum absolute atomic E-state index is 13.4. The third-order valence-electron chi connectivity index (χ3n) is 6.38. The van der Waals surface area contributed by atoms with Crippen LogP contribution in [0.3, 0.4) is 0 Å². The first-order valence-electron chi connectivity index (χ1n) is 11.1. The van der Waals surface area contributed by atoms with Crippen molar-refractivity contribution in [3.05, 3.63) is 94.5 Å². The molecular formula is C26H25N3O3S2. The number of sulfonamides is 1. The van der Waals surface area contributed by atoms with Gasteiger partial charge in [-0.15, -0.1) is 11.3 Å². The Morgan fingerprint density at radius 1 is 1.03 bits per heavy atom. The second-order valence-electron chi connectivity index (χ2n) is 8.50. The smallest absolute Gasteiger partial charge is 0.254 e. The zero-order chi connectivity index (χ0) is 23.9. The highest BCUT2D eigenvalue weighted by atomic mass is 32.2. The van der Waals surface area contributed by atoms with Gasteiger partial charge in [-0.1, -0.05) is 42.5 Å². The summed E-state index contributed by atoms with van der Waals surface area (Å²) in [4.78, 5) is 19.7. The fraction of sp³-hybridized carbons (Fsp3) is 0.231. The third-order valence-corrected chi connectivity index (χ3v) is 9.43. The summed E-state index contributed by atoms with van der Waals surface area (Å²) in [6.07, 6.45) is 0.677. The summed E-state index contributed by atoms with van der Waals surface area (Å²) >= 11 is 1.56. The molecule has 0 radical (unpaired) electrons. The molecule has 1 atom stereocenters. The van der Waals surface area contributed by atoms with Crippen LogP contribution in [0.25, 0.3) is 10.2 Å². The van der Waals surface area contributed by atoms with Gasteiger partial charge in [0.15, 0.2) is 0 Å². The topological polar surface area (TPSA) is 70.6 Å². The molecule has 1 amide bonds. The van der Waals surface area contributed by atoms with Gasteiger partial charge >= 0.3 is 0 Å². The molecule has 0 saturated heterocycles. The highest BCUT2D eigenvalue weighted by molar-refractivity contribution is 7.89. The minimum absolute atomic E-state index is 0.138. The average Bonchev–Trinajstić information content (AvgIpc) is 3.31. The van der Waals surface area contributed by atoms with Gasteiger partial charge in [-0.25, -0.2) is 13.4 Å². The standard InChI is InChI=1S/C26H25N3O3S2/c1-18(25-27-23-12-5-6-13-24(23)33-25)28(2)26(30)20-10-7-11-22(16-20)34(31,32)29-15-14-19-8-3-4-9-21(19)17-29/h3-13,16,18H,14-15,17H2,1-2H3. The molecule has 5 rings (SSSR count). The van der Waals surface area contributed by atoms with Gasteiger partial charge in [0.1, 0.15) is 5.01 Å². The molecule has 4 aromatic rings. The number of para-hydroxylation sites is 1. The van der Waals surface area contributed by atoms with Crippen molar-refractivity contribution in [1.82, 2.24) is 14.2 Å². The van der Waals surface area contributed by atoms with E-state index in [1.807, 2.05) is 55.5 Å². The summed E-state index contributed by atoms with van der Waals surface area (Å²) < 4.78 is 29.3. The van der Waals surface area contributed by atoms with Crippen molar-refractivity contribution in [1.29, 1.82) is 0 Å². The first-order valence-corrected chi connectivity index (χ1v) is 13.4. The van der Waals surface area contributed by atoms with Crippen LogP contribution in [0.1, 0.15) is 39.5 Å². The molecular weight excluding hydrogens is 466 g/mol. The maximum Gasteiger partial charge on any atom is 0.254 e. The predicted octanol–water partition coefficient (Wildman–Crippen LogP) is 4.88. The molecule has 0 saturated carbocycles. The van der Waals surface area contributed by atoms with E-state index in [4.69, 9.17) is 0 Å². The highest BCUT2D eigenvalue weighted by Crippen LogP contribution is 2.30. The van der Waals surface area contributed by atoms with Crippen LogP contribution < -0.4 is 0 Å². The van der Waals surface area contributed by atoms with E-state index in [1.165, 1.54) is 15.9 Å². The molecule has 1 unspecified atom stereocenters. The lowest BCUT2D eigenvalue weighted by molar-refractivity contribution is 0.0742. The summed E-state index contributed by atoms with van der Waals surface area (Å²) in [6.45, 7) is 2.69. The summed E-state index contributed by atoms with van der Waals surface area (Å²) in [7, 11) is -2.00. The number of rotatable bonds is 5. The van der Waals surface area contributed by atoms with Gasteiger partial charge in [-0.05, 0) is 54.8 Å². The number of amides is 1. The molecule has 1 aliphatic rings. The van der Waals surface area contributed by atoms with E-state index < -0.39 is 10.0 Å². The van der Waals surface area contributed by atoms with Crippen molar-refractivity contribution in [2.75, 3.05) is 13.6 Å². The van der Waals surface area contributed by atoms with E-state index in [2.05, 4.69) is 4.98 Å². The van der Waals surface area contributed by atoms with Gasteiger partial charge in [-0.3, -0.25) is 4.79 Å². The van der Waals surface area contributed by atoms with Gasteiger partial charge in [0, 0.05) is 25.7 Å². The van der Waals surface area contributed by atoms with Gasteiger partial charge in [0.05, 0.1) is 21.2 Å². The first kappa shape index (κ1) is 22.7. The monoisotopic (exact) mass is 491 g/mol. The van der Waals surface area contributed by atoms with E-state index in [1.54, 1.807) is 41.5 Å². The molecule has 8 heteroatoms. The number of carbonyl (C=O) groups excluding carboxylic acids is 1. The second kappa shape index (κ2) is 8.94. The molecule has 3 aromatic carbocycles. The number of hydrogen-bond acceptors (Lipinski definition) is 5. The Balaban J connectivity index is 1.38. The van der Waals surface area contributed by atoms with Crippen molar-refractivity contribution >= 4 is 37.5 Å². The van der Waals surface area contributed by atoms with Crippen molar-refractivity contribution < 1.29 is 13.2 Å². The number of benzene rings is 3. The summed E-state index contributed by atoms with van der Waals surface area (Å²) in [5.41, 5.74) is 3.46. The predicted molar refractivity (Wildman–Crippen MR) is 134 cm³/mol. The molecule has 0 fully saturated rings. The van der Waals surface area contributed by atoms with Gasteiger partial charge in [-0.2, -0.15) is 4.31 Å². The lowest BCUT2D eigenvalue weighted by Crippen LogP contribution is -2.36. The Morgan fingerprint density at radius 3 is 2.56 bits per heavy atom. The van der Waals surface area contributed by atoms with E-state index in [0.29, 0.717) is 25.1 Å². The lowest BCUT2D eigenvalue weighted by atomic mass is 10.0. The minimum atomic E-state index is -3.72. The van der Waals surface area contributed by atoms with Crippen molar-refractivity contribution in [2.45, 2.75) is 30.8 Å².